The minimum Gasteiger partial charge on any atom is -0.489 e. The summed E-state index contributed by atoms with van der Waals surface area (Å²) in [6.07, 6.45) is 5.18. The maximum Gasteiger partial charge on any atom is 0.255 e. The van der Waals surface area contributed by atoms with Crippen molar-refractivity contribution in [2.45, 2.75) is 37.3 Å². The zero-order valence-corrected chi connectivity index (χ0v) is 15.1. The van der Waals surface area contributed by atoms with Crippen LogP contribution in [0.1, 0.15) is 31.2 Å². The van der Waals surface area contributed by atoms with Crippen molar-refractivity contribution >= 4 is 22.4 Å². The van der Waals surface area contributed by atoms with E-state index in [0.717, 1.165) is 31.1 Å². The number of H-pyrrole nitrogens is 1. The summed E-state index contributed by atoms with van der Waals surface area (Å²) in [5, 5.41) is 1.85. The maximum absolute atomic E-state index is 11.9. The van der Waals surface area contributed by atoms with Crippen LogP contribution in [0.4, 0.5) is 0 Å². The normalized spacial score (nSPS) is 23.1. The van der Waals surface area contributed by atoms with E-state index in [1.54, 1.807) is 12.3 Å². The second-order valence-electron chi connectivity index (χ2n) is 7.02. The third kappa shape index (κ3) is 3.22. The molecular formula is C21H21ClN2O2. The van der Waals surface area contributed by atoms with Gasteiger partial charge in [-0.1, -0.05) is 41.9 Å². The minimum absolute atomic E-state index is 0.0762. The second-order valence-corrected chi connectivity index (χ2v) is 7.42. The van der Waals surface area contributed by atoms with Crippen LogP contribution in [0.25, 0.3) is 10.8 Å². The molecule has 1 aliphatic carbocycles. The van der Waals surface area contributed by atoms with Crippen molar-refractivity contribution < 1.29 is 4.74 Å². The molecule has 4 nitrogen and oxygen atoms in total. The SMILES string of the molecule is N[C@]1(c2ccccc2)CC[C@@H](Oc2cc3cc[nH]c(=O)c3cc2Cl)CC1. The predicted molar refractivity (Wildman–Crippen MR) is 105 cm³/mol. The van der Waals surface area contributed by atoms with Crippen molar-refractivity contribution in [2.75, 3.05) is 0 Å². The number of benzene rings is 2. The predicted octanol–water partition coefficient (Wildman–Crippen LogP) is 4.36. The molecule has 1 aliphatic rings. The van der Waals surface area contributed by atoms with Crippen LogP contribution in [0.2, 0.25) is 5.02 Å². The lowest BCUT2D eigenvalue weighted by molar-refractivity contribution is 0.118. The molecule has 3 aromatic rings. The van der Waals surface area contributed by atoms with E-state index in [9.17, 15) is 4.79 Å². The number of nitrogens with one attached hydrogen (secondary N) is 1. The van der Waals surface area contributed by atoms with Gasteiger partial charge in [-0.25, -0.2) is 0 Å². The molecular weight excluding hydrogens is 348 g/mol. The molecule has 26 heavy (non-hydrogen) atoms. The van der Waals surface area contributed by atoms with E-state index < -0.39 is 0 Å². The summed E-state index contributed by atoms with van der Waals surface area (Å²) in [4.78, 5) is 14.5. The Hall–Kier alpha value is -2.30. The van der Waals surface area contributed by atoms with Crippen LogP contribution >= 0.6 is 11.6 Å². The number of aromatic nitrogens is 1. The van der Waals surface area contributed by atoms with Crippen LogP contribution in [0.3, 0.4) is 0 Å². The number of pyridine rings is 1. The fourth-order valence-corrected chi connectivity index (χ4v) is 3.95. The lowest BCUT2D eigenvalue weighted by Gasteiger charge is -2.37. The molecule has 0 bridgehead atoms. The van der Waals surface area contributed by atoms with Gasteiger partial charge >= 0.3 is 0 Å². The third-order valence-corrected chi connectivity index (χ3v) is 5.59. The van der Waals surface area contributed by atoms with Gasteiger partial charge in [0.1, 0.15) is 5.75 Å². The first-order chi connectivity index (χ1) is 12.5. The molecule has 134 valence electrons. The standard InChI is InChI=1S/C21H21ClN2O2/c22-18-13-17-14(8-11-24-20(17)25)12-19(18)26-16-6-9-21(23,10-7-16)15-4-2-1-3-5-15/h1-5,8,11-13,16H,6-7,9-10,23H2,(H,24,25)/t16-,21-. The van der Waals surface area contributed by atoms with Gasteiger partial charge in [0.25, 0.3) is 5.56 Å². The molecule has 0 unspecified atom stereocenters. The summed E-state index contributed by atoms with van der Waals surface area (Å²) in [6, 6.07) is 15.6. The van der Waals surface area contributed by atoms with Crippen LogP contribution in [0.15, 0.2) is 59.5 Å². The quantitative estimate of drug-likeness (QED) is 0.721. The molecule has 1 heterocycles. The van der Waals surface area contributed by atoms with E-state index in [0.29, 0.717) is 16.2 Å². The van der Waals surface area contributed by atoms with Crippen molar-refractivity contribution in [3.63, 3.8) is 0 Å². The van der Waals surface area contributed by atoms with Gasteiger partial charge in [0, 0.05) is 17.1 Å². The molecule has 0 spiro atoms. The Kier molecular flexibility index (Phi) is 4.47. The van der Waals surface area contributed by atoms with Gasteiger partial charge in [-0.15, -0.1) is 0 Å². The summed E-state index contributed by atoms with van der Waals surface area (Å²) in [5.41, 5.74) is 7.38. The largest absolute Gasteiger partial charge is 0.489 e. The Morgan fingerprint density at radius 1 is 1.12 bits per heavy atom. The molecule has 0 atom stereocenters. The molecule has 0 saturated heterocycles. The van der Waals surface area contributed by atoms with E-state index in [4.69, 9.17) is 22.1 Å². The Bertz CT molecular complexity index is 976. The van der Waals surface area contributed by atoms with Crippen LogP contribution < -0.4 is 16.0 Å². The first-order valence-electron chi connectivity index (χ1n) is 8.87. The summed E-state index contributed by atoms with van der Waals surface area (Å²) in [7, 11) is 0. The van der Waals surface area contributed by atoms with Gasteiger partial charge in [0.15, 0.2) is 0 Å². The van der Waals surface area contributed by atoms with Crippen LogP contribution in [-0.2, 0) is 5.54 Å². The summed E-state index contributed by atoms with van der Waals surface area (Å²) >= 11 is 6.34. The molecule has 0 amide bonds. The monoisotopic (exact) mass is 368 g/mol. The molecule has 1 fully saturated rings. The Morgan fingerprint density at radius 2 is 1.85 bits per heavy atom. The van der Waals surface area contributed by atoms with Crippen molar-refractivity contribution in [2.24, 2.45) is 5.73 Å². The highest BCUT2D eigenvalue weighted by molar-refractivity contribution is 6.32. The number of nitrogens with two attached hydrogens (primary N) is 1. The maximum atomic E-state index is 11.9. The van der Waals surface area contributed by atoms with Gasteiger partial charge < -0.3 is 15.5 Å². The summed E-state index contributed by atoms with van der Waals surface area (Å²) < 4.78 is 6.16. The van der Waals surface area contributed by atoms with Crippen LogP contribution in [0, 0.1) is 0 Å². The van der Waals surface area contributed by atoms with Gasteiger partial charge in [0.05, 0.1) is 11.1 Å². The van der Waals surface area contributed by atoms with Gasteiger partial charge in [-0.05, 0) is 54.8 Å². The van der Waals surface area contributed by atoms with E-state index in [-0.39, 0.29) is 17.2 Å². The fraction of sp³-hybridized carbons (Fsp3) is 0.286. The van der Waals surface area contributed by atoms with Crippen molar-refractivity contribution in [1.29, 1.82) is 0 Å². The number of ether oxygens (including phenoxy) is 1. The fourth-order valence-electron chi connectivity index (χ4n) is 3.74. The third-order valence-electron chi connectivity index (χ3n) is 5.29. The highest BCUT2D eigenvalue weighted by Crippen LogP contribution is 2.38. The number of fused-ring (bicyclic) bond motifs is 1. The average Bonchev–Trinajstić information content (AvgIpc) is 2.66. The number of hydrogen-bond donors (Lipinski definition) is 2. The molecule has 3 N–H and O–H groups in total. The van der Waals surface area contributed by atoms with E-state index in [1.165, 1.54) is 5.56 Å². The van der Waals surface area contributed by atoms with Gasteiger partial charge in [-0.3, -0.25) is 4.79 Å². The molecule has 1 saturated carbocycles. The molecule has 4 rings (SSSR count). The first kappa shape index (κ1) is 17.1. The molecule has 0 aliphatic heterocycles. The van der Waals surface area contributed by atoms with Gasteiger partial charge in [-0.2, -0.15) is 0 Å². The van der Waals surface area contributed by atoms with E-state index >= 15 is 0 Å². The summed E-state index contributed by atoms with van der Waals surface area (Å²) in [6.45, 7) is 0. The average molecular weight is 369 g/mol. The zero-order chi connectivity index (χ0) is 18.1. The molecule has 2 aromatic carbocycles. The lowest BCUT2D eigenvalue weighted by Crippen LogP contribution is -2.42. The van der Waals surface area contributed by atoms with E-state index in [2.05, 4.69) is 17.1 Å². The number of aromatic amines is 1. The lowest BCUT2D eigenvalue weighted by atomic mass is 9.76. The Morgan fingerprint density at radius 3 is 2.58 bits per heavy atom. The summed E-state index contributed by atoms with van der Waals surface area (Å²) in [5.74, 6) is 0.624. The van der Waals surface area contributed by atoms with Gasteiger partial charge in [0.2, 0.25) is 0 Å². The zero-order valence-electron chi connectivity index (χ0n) is 14.4. The first-order valence-corrected chi connectivity index (χ1v) is 9.25. The number of hydrogen-bond acceptors (Lipinski definition) is 3. The van der Waals surface area contributed by atoms with Crippen LogP contribution in [-0.4, -0.2) is 11.1 Å². The minimum atomic E-state index is -0.290. The second kappa shape index (κ2) is 6.78. The Balaban J connectivity index is 1.50. The smallest absolute Gasteiger partial charge is 0.255 e. The molecule has 0 radical (unpaired) electrons. The molecule has 1 aromatic heterocycles. The molecule has 5 heteroatoms. The van der Waals surface area contributed by atoms with Crippen LogP contribution in [0.5, 0.6) is 5.75 Å². The highest BCUT2D eigenvalue weighted by atomic mass is 35.5. The number of rotatable bonds is 3. The van der Waals surface area contributed by atoms with E-state index in [1.807, 2.05) is 30.3 Å². The van der Waals surface area contributed by atoms with Crippen molar-refractivity contribution in [3.8, 4) is 5.75 Å². The van der Waals surface area contributed by atoms with Crippen molar-refractivity contribution in [1.82, 2.24) is 4.98 Å². The Labute approximate surface area is 156 Å². The topological polar surface area (TPSA) is 68.1 Å². The highest BCUT2D eigenvalue weighted by Gasteiger charge is 2.34. The number of halogens is 1. The van der Waals surface area contributed by atoms with Crippen molar-refractivity contribution in [3.05, 3.63) is 75.7 Å².